The summed E-state index contributed by atoms with van der Waals surface area (Å²) in [6.07, 6.45) is 0. The molecule has 1 rings (SSSR count). The van der Waals surface area contributed by atoms with Crippen LogP contribution >= 0.6 is 0 Å². The molecule has 0 aliphatic carbocycles. The van der Waals surface area contributed by atoms with Gasteiger partial charge in [-0.2, -0.15) is 0 Å². The Morgan fingerprint density at radius 2 is 2.27 bits per heavy atom. The van der Waals surface area contributed by atoms with Gasteiger partial charge in [0.2, 0.25) is 0 Å². The van der Waals surface area contributed by atoms with E-state index >= 15 is 0 Å². The highest BCUT2D eigenvalue weighted by Crippen LogP contribution is 2.19. The second-order valence-corrected chi connectivity index (χ2v) is 3.53. The number of nitrogens with two attached hydrogens (primary N) is 1. The van der Waals surface area contributed by atoms with Crippen LogP contribution in [0.3, 0.4) is 0 Å². The molecule has 0 fully saturated rings. The predicted molar refractivity (Wildman–Crippen MR) is 60.6 cm³/mol. The summed E-state index contributed by atoms with van der Waals surface area (Å²) in [5.74, 6) is -1.53. The quantitative estimate of drug-likeness (QED) is 0.788. The second-order valence-electron chi connectivity index (χ2n) is 3.53. The molecule has 0 heterocycles. The van der Waals surface area contributed by atoms with Crippen LogP contribution in [0.25, 0.3) is 5.57 Å². The fraction of sp³-hybridized carbons (Fsp3) is 0.250. The monoisotopic (exact) mass is 205 g/mol. The molecule has 3 N–H and O–H groups in total. The van der Waals surface area contributed by atoms with E-state index in [-0.39, 0.29) is 6.54 Å². The van der Waals surface area contributed by atoms with Crippen molar-refractivity contribution in [1.82, 2.24) is 0 Å². The maximum absolute atomic E-state index is 10.9. The van der Waals surface area contributed by atoms with Crippen LogP contribution in [-0.2, 0) is 4.79 Å². The first-order valence-corrected chi connectivity index (χ1v) is 4.75. The van der Waals surface area contributed by atoms with Crippen LogP contribution in [-0.4, -0.2) is 17.6 Å². The molecule has 0 bridgehead atoms. The molecule has 0 aromatic heterocycles. The molecule has 0 amide bonds. The molecular formula is C12H15NO2. The SMILES string of the molecule is C=C(C)c1cccc(C(CN)C(=O)O)c1. The Labute approximate surface area is 89.2 Å². The predicted octanol–water partition coefficient (Wildman–Crippen LogP) is 1.85. The molecule has 0 spiro atoms. The van der Waals surface area contributed by atoms with E-state index in [0.29, 0.717) is 0 Å². The Bertz CT molecular complexity index is 385. The van der Waals surface area contributed by atoms with Gasteiger partial charge in [-0.25, -0.2) is 0 Å². The summed E-state index contributed by atoms with van der Waals surface area (Å²) in [6, 6.07) is 7.33. The van der Waals surface area contributed by atoms with E-state index in [4.69, 9.17) is 10.8 Å². The zero-order valence-corrected chi connectivity index (χ0v) is 8.73. The van der Waals surface area contributed by atoms with Gasteiger partial charge in [-0.1, -0.05) is 36.4 Å². The van der Waals surface area contributed by atoms with Gasteiger partial charge < -0.3 is 10.8 Å². The highest BCUT2D eigenvalue weighted by molar-refractivity contribution is 5.77. The molecule has 15 heavy (non-hydrogen) atoms. The van der Waals surface area contributed by atoms with Gasteiger partial charge in [-0.3, -0.25) is 4.79 Å². The molecule has 3 nitrogen and oxygen atoms in total. The van der Waals surface area contributed by atoms with E-state index in [1.165, 1.54) is 0 Å². The molecule has 0 aliphatic rings. The normalized spacial score (nSPS) is 12.1. The third-order valence-corrected chi connectivity index (χ3v) is 2.32. The molecule has 1 unspecified atom stereocenters. The summed E-state index contributed by atoms with van der Waals surface area (Å²) < 4.78 is 0. The largest absolute Gasteiger partial charge is 0.481 e. The van der Waals surface area contributed by atoms with Gasteiger partial charge in [0.15, 0.2) is 0 Å². The van der Waals surface area contributed by atoms with Crippen LogP contribution in [0.15, 0.2) is 30.8 Å². The van der Waals surface area contributed by atoms with Crippen LogP contribution in [0.1, 0.15) is 24.0 Å². The number of benzene rings is 1. The Balaban J connectivity index is 3.08. The number of allylic oxidation sites excluding steroid dienone is 1. The number of aliphatic carboxylic acids is 1. The number of carbonyl (C=O) groups is 1. The minimum absolute atomic E-state index is 0.106. The van der Waals surface area contributed by atoms with E-state index in [0.717, 1.165) is 16.7 Å². The van der Waals surface area contributed by atoms with Crippen molar-refractivity contribution in [1.29, 1.82) is 0 Å². The smallest absolute Gasteiger partial charge is 0.312 e. The average Bonchev–Trinajstić information content (AvgIpc) is 2.18. The Morgan fingerprint density at radius 3 is 2.73 bits per heavy atom. The summed E-state index contributed by atoms with van der Waals surface area (Å²) in [4.78, 5) is 10.9. The molecule has 1 atom stereocenters. The van der Waals surface area contributed by atoms with Crippen molar-refractivity contribution in [3.05, 3.63) is 42.0 Å². The van der Waals surface area contributed by atoms with Crippen LogP contribution in [0.5, 0.6) is 0 Å². The highest BCUT2D eigenvalue weighted by atomic mass is 16.4. The Hall–Kier alpha value is -1.61. The van der Waals surface area contributed by atoms with Crippen molar-refractivity contribution in [3.63, 3.8) is 0 Å². The summed E-state index contributed by atoms with van der Waals surface area (Å²) in [5, 5.41) is 8.95. The Kier molecular flexibility index (Phi) is 3.63. The molecule has 1 aromatic rings. The zero-order valence-electron chi connectivity index (χ0n) is 8.73. The lowest BCUT2D eigenvalue weighted by atomic mass is 9.96. The van der Waals surface area contributed by atoms with Crippen molar-refractivity contribution < 1.29 is 9.90 Å². The first-order valence-electron chi connectivity index (χ1n) is 4.75. The minimum atomic E-state index is -0.892. The number of hydrogen-bond donors (Lipinski definition) is 2. The number of carboxylic acid groups (broad SMARTS) is 1. The van der Waals surface area contributed by atoms with Gasteiger partial charge in [-0.05, 0) is 18.1 Å². The Morgan fingerprint density at radius 1 is 1.60 bits per heavy atom. The van der Waals surface area contributed by atoms with Gasteiger partial charge in [0.1, 0.15) is 0 Å². The first kappa shape index (κ1) is 11.5. The molecule has 0 saturated carbocycles. The average molecular weight is 205 g/mol. The zero-order chi connectivity index (χ0) is 11.4. The van der Waals surface area contributed by atoms with Gasteiger partial charge in [0.25, 0.3) is 0 Å². The van der Waals surface area contributed by atoms with E-state index in [9.17, 15) is 4.79 Å². The maximum atomic E-state index is 10.9. The summed E-state index contributed by atoms with van der Waals surface area (Å²) in [6.45, 7) is 5.81. The van der Waals surface area contributed by atoms with Gasteiger partial charge in [-0.15, -0.1) is 0 Å². The standard InChI is InChI=1S/C12H15NO2/c1-8(2)9-4-3-5-10(6-9)11(7-13)12(14)15/h3-6,11H,1,7,13H2,2H3,(H,14,15). The molecule has 1 aromatic carbocycles. The lowest BCUT2D eigenvalue weighted by molar-refractivity contribution is -0.138. The van der Waals surface area contributed by atoms with Gasteiger partial charge >= 0.3 is 5.97 Å². The van der Waals surface area contributed by atoms with Crippen LogP contribution in [0.4, 0.5) is 0 Å². The minimum Gasteiger partial charge on any atom is -0.481 e. The third kappa shape index (κ3) is 2.67. The van der Waals surface area contributed by atoms with Gasteiger partial charge in [0.05, 0.1) is 5.92 Å². The van der Waals surface area contributed by atoms with Crippen molar-refractivity contribution in [2.75, 3.05) is 6.54 Å². The van der Waals surface area contributed by atoms with Crippen LogP contribution in [0, 0.1) is 0 Å². The fourth-order valence-corrected chi connectivity index (χ4v) is 1.40. The number of hydrogen-bond acceptors (Lipinski definition) is 2. The van der Waals surface area contributed by atoms with Crippen molar-refractivity contribution in [3.8, 4) is 0 Å². The second kappa shape index (κ2) is 4.75. The molecular weight excluding hydrogens is 190 g/mol. The van der Waals surface area contributed by atoms with E-state index < -0.39 is 11.9 Å². The lowest BCUT2D eigenvalue weighted by Gasteiger charge is -2.11. The van der Waals surface area contributed by atoms with Crippen molar-refractivity contribution in [2.45, 2.75) is 12.8 Å². The van der Waals surface area contributed by atoms with Crippen LogP contribution < -0.4 is 5.73 Å². The third-order valence-electron chi connectivity index (χ3n) is 2.32. The van der Waals surface area contributed by atoms with E-state index in [1.54, 1.807) is 6.07 Å². The molecule has 0 radical (unpaired) electrons. The summed E-state index contributed by atoms with van der Waals surface area (Å²) >= 11 is 0. The topological polar surface area (TPSA) is 63.3 Å². The van der Waals surface area contributed by atoms with Crippen LogP contribution in [0.2, 0.25) is 0 Å². The van der Waals surface area contributed by atoms with Crippen molar-refractivity contribution >= 4 is 11.5 Å². The maximum Gasteiger partial charge on any atom is 0.312 e. The van der Waals surface area contributed by atoms with E-state index in [2.05, 4.69) is 6.58 Å². The lowest BCUT2D eigenvalue weighted by Crippen LogP contribution is -2.21. The van der Waals surface area contributed by atoms with E-state index in [1.807, 2.05) is 25.1 Å². The van der Waals surface area contributed by atoms with Crippen molar-refractivity contribution in [2.24, 2.45) is 5.73 Å². The number of carboxylic acids is 1. The fourth-order valence-electron chi connectivity index (χ4n) is 1.40. The summed E-state index contributed by atoms with van der Waals surface area (Å²) in [5.41, 5.74) is 8.02. The number of rotatable bonds is 4. The summed E-state index contributed by atoms with van der Waals surface area (Å²) in [7, 11) is 0. The highest BCUT2D eigenvalue weighted by Gasteiger charge is 2.17. The first-order chi connectivity index (χ1) is 7.06. The molecule has 0 aliphatic heterocycles. The molecule has 0 saturated heterocycles. The molecule has 3 heteroatoms. The molecule has 80 valence electrons. The van der Waals surface area contributed by atoms with Gasteiger partial charge in [0, 0.05) is 6.54 Å².